The summed E-state index contributed by atoms with van der Waals surface area (Å²) in [6.45, 7) is 0. The average molecular weight is 389 g/mol. The van der Waals surface area contributed by atoms with E-state index >= 15 is 0 Å². The molecule has 1 aliphatic heterocycles. The van der Waals surface area contributed by atoms with Gasteiger partial charge < -0.3 is 0 Å². The van der Waals surface area contributed by atoms with Crippen LogP contribution in [0, 0.1) is 0 Å². The number of hydrogen-bond donors (Lipinski definition) is 1. The van der Waals surface area contributed by atoms with E-state index in [9.17, 15) is 4.79 Å². The van der Waals surface area contributed by atoms with Crippen molar-refractivity contribution in [1.29, 1.82) is 0 Å². The molecule has 0 atom stereocenters. The minimum atomic E-state index is -0.559. The van der Waals surface area contributed by atoms with Gasteiger partial charge in [-0.3, -0.25) is 0 Å². The summed E-state index contributed by atoms with van der Waals surface area (Å²) in [5.74, 6) is -0.559. The molecule has 0 amide bonds. The van der Waals surface area contributed by atoms with Gasteiger partial charge >= 0.3 is 91.2 Å². The molecule has 2 nitrogen and oxygen atoms in total. The first-order valence-corrected chi connectivity index (χ1v) is 8.44. The molecule has 12 heavy (non-hydrogen) atoms. The summed E-state index contributed by atoms with van der Waals surface area (Å²) in [6, 6.07) is 8.23. The Balaban J connectivity index is 2.27. The van der Waals surface area contributed by atoms with Crippen LogP contribution in [0.5, 0.6) is 0 Å². The second-order valence-corrected chi connectivity index (χ2v) is 11.8. The van der Waals surface area contributed by atoms with E-state index in [1.54, 1.807) is 0 Å². The maximum atomic E-state index is 10.7. The van der Waals surface area contributed by atoms with Crippen molar-refractivity contribution in [3.8, 4) is 0 Å². The molecule has 1 aromatic rings. The summed E-state index contributed by atoms with van der Waals surface area (Å²) in [5.41, 5.74) is 0. The van der Waals surface area contributed by atoms with Crippen molar-refractivity contribution in [2.75, 3.05) is 0 Å². The third-order valence-electron chi connectivity index (χ3n) is 1.52. The predicted octanol–water partition coefficient (Wildman–Crippen LogP) is -0.810. The fraction of sp³-hybridized carbons (Fsp3) is 0.125. The topological polar surface area (TPSA) is 37.3 Å². The summed E-state index contributed by atoms with van der Waals surface area (Å²) in [4.78, 5) is 10.7. The van der Waals surface area contributed by atoms with Gasteiger partial charge in [0.15, 0.2) is 0 Å². The van der Waals surface area contributed by atoms with Crippen molar-refractivity contribution < 1.29 is 9.90 Å². The molecule has 0 saturated heterocycles. The fourth-order valence-electron chi connectivity index (χ4n) is 1.00. The van der Waals surface area contributed by atoms with Crippen LogP contribution in [0.4, 0.5) is 0 Å². The molecular formula is C8H6O2Te2. The maximum absolute atomic E-state index is 10.7. The number of hydrogen-bond acceptors (Lipinski definition) is 1. The van der Waals surface area contributed by atoms with E-state index in [4.69, 9.17) is 5.11 Å². The van der Waals surface area contributed by atoms with Gasteiger partial charge in [0.1, 0.15) is 0 Å². The zero-order valence-corrected chi connectivity index (χ0v) is 10.7. The third kappa shape index (κ3) is 1.63. The van der Waals surface area contributed by atoms with Gasteiger partial charge in [0, 0.05) is 0 Å². The molecule has 62 valence electrons. The van der Waals surface area contributed by atoms with Gasteiger partial charge in [0.05, 0.1) is 0 Å². The Morgan fingerprint density at radius 1 is 1.25 bits per heavy atom. The summed E-state index contributed by atoms with van der Waals surface area (Å²) in [5, 5.41) is 8.85. The van der Waals surface area contributed by atoms with Crippen LogP contribution < -0.4 is 7.22 Å². The molecule has 0 radical (unpaired) electrons. The van der Waals surface area contributed by atoms with Gasteiger partial charge in [-0.15, -0.1) is 0 Å². The normalized spacial score (nSPS) is 16.0. The second-order valence-electron chi connectivity index (χ2n) is 2.35. The molecular weight excluding hydrogens is 383 g/mol. The van der Waals surface area contributed by atoms with Crippen LogP contribution in [0.25, 0.3) is 0 Å². The Labute approximate surface area is 90.5 Å². The Bertz CT molecular complexity index is 300. The Morgan fingerprint density at radius 2 is 1.75 bits per heavy atom. The summed E-state index contributed by atoms with van der Waals surface area (Å²) < 4.78 is 2.84. The van der Waals surface area contributed by atoms with Crippen LogP contribution in [0.3, 0.4) is 0 Å². The molecule has 1 heterocycles. The molecule has 4 heteroatoms. The van der Waals surface area contributed by atoms with E-state index in [0.717, 1.165) is 0 Å². The van der Waals surface area contributed by atoms with Crippen LogP contribution in [0.2, 0.25) is 2.01 Å². The van der Waals surface area contributed by atoms with Gasteiger partial charge in [-0.2, -0.15) is 0 Å². The number of fused-ring (bicyclic) bond motifs is 1. The summed E-state index contributed by atoms with van der Waals surface area (Å²) >= 11 is -0.808. The monoisotopic (exact) mass is 394 g/mol. The molecule has 1 aromatic carbocycles. The fourth-order valence-corrected chi connectivity index (χ4v) is 11.7. The van der Waals surface area contributed by atoms with E-state index in [1.165, 1.54) is 7.22 Å². The molecule has 1 aliphatic rings. The molecule has 2 rings (SSSR count). The average Bonchev–Trinajstić information content (AvgIpc) is 2.46. The molecule has 1 N–H and O–H groups in total. The molecule has 0 unspecified atom stereocenters. The van der Waals surface area contributed by atoms with Crippen molar-refractivity contribution in [2.24, 2.45) is 0 Å². The quantitative estimate of drug-likeness (QED) is 0.639. The predicted molar refractivity (Wildman–Crippen MR) is 48.6 cm³/mol. The zero-order valence-electron chi connectivity index (χ0n) is 6.06. The van der Waals surface area contributed by atoms with Gasteiger partial charge in [-0.25, -0.2) is 0 Å². The van der Waals surface area contributed by atoms with E-state index in [1.807, 2.05) is 12.1 Å². The molecule has 0 bridgehead atoms. The summed E-state index contributed by atoms with van der Waals surface area (Å²) in [7, 11) is 0. The number of benzene rings is 1. The minimum absolute atomic E-state index is 0.0678. The number of carboxylic acids is 1. The molecule has 0 aromatic heterocycles. The number of carboxylic acid groups (broad SMARTS) is 1. The number of aliphatic carboxylic acids is 1. The van der Waals surface area contributed by atoms with E-state index in [2.05, 4.69) is 12.1 Å². The van der Waals surface area contributed by atoms with Crippen molar-refractivity contribution in [3.63, 3.8) is 0 Å². The van der Waals surface area contributed by atoms with Crippen LogP contribution in [-0.2, 0) is 4.79 Å². The first-order valence-electron chi connectivity index (χ1n) is 3.42. The molecule has 0 aliphatic carbocycles. The molecule has 0 fully saturated rings. The zero-order chi connectivity index (χ0) is 8.55. The van der Waals surface area contributed by atoms with Crippen LogP contribution >= 0.6 is 0 Å². The van der Waals surface area contributed by atoms with Crippen LogP contribution in [-0.4, -0.2) is 52.9 Å². The van der Waals surface area contributed by atoms with Gasteiger partial charge in [-0.1, -0.05) is 0 Å². The van der Waals surface area contributed by atoms with Crippen molar-refractivity contribution in [3.05, 3.63) is 24.3 Å². The van der Waals surface area contributed by atoms with E-state index in [-0.39, 0.29) is 2.01 Å². The summed E-state index contributed by atoms with van der Waals surface area (Å²) in [6.07, 6.45) is 0. The first kappa shape index (κ1) is 8.85. The Morgan fingerprint density at radius 3 is 2.17 bits per heavy atom. The van der Waals surface area contributed by atoms with Gasteiger partial charge in [0.25, 0.3) is 0 Å². The van der Waals surface area contributed by atoms with Gasteiger partial charge in [-0.05, 0) is 0 Å². The number of rotatable bonds is 1. The van der Waals surface area contributed by atoms with Crippen molar-refractivity contribution in [1.82, 2.24) is 0 Å². The first-order chi connectivity index (χ1) is 5.77. The van der Waals surface area contributed by atoms with Crippen LogP contribution in [0.1, 0.15) is 0 Å². The van der Waals surface area contributed by atoms with E-state index in [0.29, 0.717) is 0 Å². The standard InChI is InChI=1S/C8H6O2Te2/c9-7(10)8-11-5-3-1-2-4-6(5)12-8/h1-4,8H,(H,9,10). The van der Waals surface area contributed by atoms with Crippen LogP contribution in [0.15, 0.2) is 24.3 Å². The van der Waals surface area contributed by atoms with Crippen molar-refractivity contribution in [2.45, 2.75) is 2.01 Å². The van der Waals surface area contributed by atoms with Crippen molar-refractivity contribution >= 4 is 55.0 Å². The Hall–Kier alpha value is 0.269. The number of carbonyl (C=O) groups is 1. The third-order valence-corrected chi connectivity index (χ3v) is 12.3. The Kier molecular flexibility index (Phi) is 2.63. The van der Waals surface area contributed by atoms with Gasteiger partial charge in [0.2, 0.25) is 0 Å². The SMILES string of the molecule is O=C(O)C1[Te]c2ccccc2[Te]1. The molecule has 0 spiro atoms. The molecule has 0 saturated carbocycles. The second kappa shape index (κ2) is 3.56. The van der Waals surface area contributed by atoms with E-state index < -0.39 is 47.8 Å².